The van der Waals surface area contributed by atoms with E-state index in [1.54, 1.807) is 6.07 Å². The van der Waals surface area contributed by atoms with Crippen molar-refractivity contribution in [3.05, 3.63) is 48.5 Å². The average Bonchev–Trinajstić information content (AvgIpc) is 2.43. The molecule has 100 valence electrons. The van der Waals surface area contributed by atoms with E-state index in [0.717, 1.165) is 24.4 Å². The van der Waals surface area contributed by atoms with Gasteiger partial charge in [0.25, 0.3) is 0 Å². The molecule has 4 heteroatoms. The van der Waals surface area contributed by atoms with E-state index in [4.69, 9.17) is 16.2 Å². The van der Waals surface area contributed by atoms with Crippen LogP contribution in [0.2, 0.25) is 0 Å². The lowest BCUT2D eigenvalue weighted by atomic mass is 10.2. The molecule has 19 heavy (non-hydrogen) atoms. The number of nitrogen functional groups attached to an aromatic ring is 2. The van der Waals surface area contributed by atoms with Crippen molar-refractivity contribution >= 4 is 17.1 Å². The highest BCUT2D eigenvalue weighted by Gasteiger charge is 1.97. The maximum Gasteiger partial charge on any atom is 0.119 e. The van der Waals surface area contributed by atoms with Crippen LogP contribution in [0.25, 0.3) is 0 Å². The van der Waals surface area contributed by atoms with Gasteiger partial charge in [-0.2, -0.15) is 0 Å². The molecule has 0 aromatic heterocycles. The summed E-state index contributed by atoms with van der Waals surface area (Å²) in [6, 6.07) is 15.4. The number of para-hydroxylation sites is 1. The fourth-order valence-electron chi connectivity index (χ4n) is 1.70. The summed E-state index contributed by atoms with van der Waals surface area (Å²) >= 11 is 0. The third-order valence-corrected chi connectivity index (χ3v) is 2.75. The third kappa shape index (κ3) is 4.10. The molecular weight excluding hydrogens is 238 g/mol. The topological polar surface area (TPSA) is 73.3 Å². The van der Waals surface area contributed by atoms with Gasteiger partial charge in [-0.15, -0.1) is 0 Å². The second-order valence-electron chi connectivity index (χ2n) is 4.29. The van der Waals surface area contributed by atoms with Crippen LogP contribution in [-0.4, -0.2) is 13.2 Å². The number of anilines is 3. The lowest BCUT2D eigenvalue weighted by Gasteiger charge is -2.09. The first-order valence-corrected chi connectivity index (χ1v) is 6.32. The highest BCUT2D eigenvalue weighted by molar-refractivity contribution is 5.69. The van der Waals surface area contributed by atoms with Gasteiger partial charge in [0, 0.05) is 12.2 Å². The first-order valence-electron chi connectivity index (χ1n) is 6.32. The molecular formula is C15H19N3O. The molecule has 0 radical (unpaired) electrons. The number of nitrogens with two attached hydrogens (primary N) is 2. The Morgan fingerprint density at radius 2 is 1.74 bits per heavy atom. The van der Waals surface area contributed by atoms with E-state index in [1.807, 2.05) is 42.5 Å². The van der Waals surface area contributed by atoms with Crippen molar-refractivity contribution in [3.8, 4) is 5.75 Å². The Balaban J connectivity index is 1.68. The van der Waals surface area contributed by atoms with E-state index in [2.05, 4.69) is 5.32 Å². The van der Waals surface area contributed by atoms with Gasteiger partial charge in [-0.25, -0.2) is 0 Å². The Bertz CT molecular complexity index is 514. The summed E-state index contributed by atoms with van der Waals surface area (Å²) in [6.45, 7) is 1.51. The fraction of sp³-hybridized carbons (Fsp3) is 0.200. The molecule has 0 heterocycles. The summed E-state index contributed by atoms with van der Waals surface area (Å²) in [5.41, 5.74) is 13.6. The summed E-state index contributed by atoms with van der Waals surface area (Å²) in [5, 5.41) is 3.28. The zero-order chi connectivity index (χ0) is 13.5. The zero-order valence-electron chi connectivity index (χ0n) is 10.8. The summed E-state index contributed by atoms with van der Waals surface area (Å²) in [6.07, 6.45) is 0.916. The number of benzene rings is 2. The van der Waals surface area contributed by atoms with Crippen LogP contribution in [0, 0.1) is 0 Å². The summed E-state index contributed by atoms with van der Waals surface area (Å²) in [4.78, 5) is 0. The smallest absolute Gasteiger partial charge is 0.119 e. The highest BCUT2D eigenvalue weighted by atomic mass is 16.5. The minimum atomic E-state index is 0.602. The molecule has 0 aliphatic rings. The van der Waals surface area contributed by atoms with Gasteiger partial charge in [-0.1, -0.05) is 18.2 Å². The quantitative estimate of drug-likeness (QED) is 0.549. The van der Waals surface area contributed by atoms with Crippen molar-refractivity contribution in [3.63, 3.8) is 0 Å². The first-order chi connectivity index (χ1) is 9.25. The van der Waals surface area contributed by atoms with Crippen molar-refractivity contribution in [1.82, 2.24) is 0 Å². The molecule has 0 bridgehead atoms. The molecule has 2 rings (SSSR count). The Hall–Kier alpha value is -2.36. The minimum absolute atomic E-state index is 0.602. The molecule has 0 aliphatic carbocycles. The molecule has 2 aromatic rings. The Labute approximate surface area is 113 Å². The summed E-state index contributed by atoms with van der Waals surface area (Å²) < 4.78 is 5.60. The largest absolute Gasteiger partial charge is 0.494 e. The monoisotopic (exact) mass is 257 g/mol. The normalized spacial score (nSPS) is 10.1. The van der Waals surface area contributed by atoms with Crippen LogP contribution in [-0.2, 0) is 0 Å². The van der Waals surface area contributed by atoms with E-state index < -0.39 is 0 Å². The predicted molar refractivity (Wildman–Crippen MR) is 80.3 cm³/mol. The van der Waals surface area contributed by atoms with Gasteiger partial charge >= 0.3 is 0 Å². The van der Waals surface area contributed by atoms with Gasteiger partial charge in [-0.05, 0) is 36.8 Å². The fourth-order valence-corrected chi connectivity index (χ4v) is 1.70. The van der Waals surface area contributed by atoms with E-state index in [1.165, 1.54) is 0 Å². The molecule has 0 saturated heterocycles. The Morgan fingerprint density at radius 1 is 0.947 bits per heavy atom. The molecule has 5 N–H and O–H groups in total. The Kier molecular flexibility index (Phi) is 4.50. The second-order valence-corrected chi connectivity index (χ2v) is 4.29. The van der Waals surface area contributed by atoms with Crippen LogP contribution in [0.1, 0.15) is 6.42 Å². The highest BCUT2D eigenvalue weighted by Crippen LogP contribution is 2.19. The lowest BCUT2D eigenvalue weighted by Crippen LogP contribution is -2.07. The van der Waals surface area contributed by atoms with E-state index in [-0.39, 0.29) is 0 Å². The molecule has 0 fully saturated rings. The van der Waals surface area contributed by atoms with Gasteiger partial charge in [0.2, 0.25) is 0 Å². The number of hydrogen-bond acceptors (Lipinski definition) is 4. The predicted octanol–water partition coefficient (Wildman–Crippen LogP) is 2.73. The zero-order valence-corrected chi connectivity index (χ0v) is 10.8. The van der Waals surface area contributed by atoms with Crippen molar-refractivity contribution in [2.24, 2.45) is 0 Å². The maximum atomic E-state index is 5.74. The summed E-state index contributed by atoms with van der Waals surface area (Å²) in [7, 11) is 0. The molecule has 0 saturated carbocycles. The van der Waals surface area contributed by atoms with Crippen molar-refractivity contribution in [1.29, 1.82) is 0 Å². The molecule has 0 aliphatic heterocycles. The number of ether oxygens (including phenoxy) is 1. The Morgan fingerprint density at radius 3 is 2.47 bits per heavy atom. The minimum Gasteiger partial charge on any atom is -0.494 e. The first kappa shape index (κ1) is 13.1. The third-order valence-electron chi connectivity index (χ3n) is 2.75. The van der Waals surface area contributed by atoms with E-state index in [9.17, 15) is 0 Å². The van der Waals surface area contributed by atoms with Gasteiger partial charge < -0.3 is 21.5 Å². The number of rotatable bonds is 6. The molecule has 0 amide bonds. The van der Waals surface area contributed by atoms with E-state index >= 15 is 0 Å². The number of nitrogens with one attached hydrogen (secondary N) is 1. The van der Waals surface area contributed by atoms with Gasteiger partial charge in [0.05, 0.1) is 18.0 Å². The van der Waals surface area contributed by atoms with Crippen LogP contribution in [0.15, 0.2) is 48.5 Å². The van der Waals surface area contributed by atoms with Gasteiger partial charge in [0.15, 0.2) is 0 Å². The maximum absolute atomic E-state index is 5.74. The average molecular weight is 257 g/mol. The van der Waals surface area contributed by atoms with Crippen LogP contribution in [0.3, 0.4) is 0 Å². The lowest BCUT2D eigenvalue weighted by molar-refractivity contribution is 0.315. The second kappa shape index (κ2) is 6.54. The standard InChI is InChI=1S/C15H19N3O/c16-14-8-7-12(11-15(14)17)18-9-4-10-19-13-5-2-1-3-6-13/h1-3,5-8,11,18H,4,9-10,16-17H2. The van der Waals surface area contributed by atoms with E-state index in [0.29, 0.717) is 18.0 Å². The SMILES string of the molecule is Nc1ccc(NCCCOc2ccccc2)cc1N. The van der Waals surface area contributed by atoms with Crippen LogP contribution in [0.4, 0.5) is 17.1 Å². The molecule has 4 nitrogen and oxygen atoms in total. The molecule has 0 spiro atoms. The van der Waals surface area contributed by atoms with Gasteiger partial charge in [-0.3, -0.25) is 0 Å². The van der Waals surface area contributed by atoms with Crippen molar-refractivity contribution in [2.45, 2.75) is 6.42 Å². The summed E-state index contributed by atoms with van der Waals surface area (Å²) in [5.74, 6) is 0.902. The van der Waals surface area contributed by atoms with Crippen molar-refractivity contribution in [2.75, 3.05) is 29.9 Å². The van der Waals surface area contributed by atoms with Crippen LogP contribution >= 0.6 is 0 Å². The van der Waals surface area contributed by atoms with Gasteiger partial charge in [0.1, 0.15) is 5.75 Å². The van der Waals surface area contributed by atoms with Crippen molar-refractivity contribution < 1.29 is 4.74 Å². The molecule has 0 unspecified atom stereocenters. The molecule has 2 aromatic carbocycles. The van der Waals surface area contributed by atoms with Crippen LogP contribution < -0.4 is 21.5 Å². The van der Waals surface area contributed by atoms with Crippen LogP contribution in [0.5, 0.6) is 5.75 Å². The number of hydrogen-bond donors (Lipinski definition) is 3. The molecule has 0 atom stereocenters.